The summed E-state index contributed by atoms with van der Waals surface area (Å²) in [6.07, 6.45) is 0.269. The van der Waals surface area contributed by atoms with Crippen LogP contribution in [0.1, 0.15) is 50.2 Å². The molecule has 0 fully saturated rings. The number of anilines is 2. The van der Waals surface area contributed by atoms with E-state index >= 15 is 0 Å². The van der Waals surface area contributed by atoms with Gasteiger partial charge >= 0.3 is 11.9 Å². The summed E-state index contributed by atoms with van der Waals surface area (Å²) in [5.74, 6) is -5.05. The van der Waals surface area contributed by atoms with Crippen molar-refractivity contribution in [2.45, 2.75) is 31.7 Å². The summed E-state index contributed by atoms with van der Waals surface area (Å²) < 4.78 is 27.2. The number of fused-ring (bicyclic) bond motifs is 2. The van der Waals surface area contributed by atoms with Crippen LogP contribution < -0.4 is 10.6 Å². The van der Waals surface area contributed by atoms with Crippen LogP contribution in [0.15, 0.2) is 54.6 Å². The standard InChI is InChI=1S/C27H22F2N2O6/c28-17-5-8-22(21(29)13-17)30-18-6-7-19-15(11-18)3-1-14-2-4-16(12-20(14)25(19)34)26(35)31-23(27(36)37)9-10-24(32)33/h2,4-8,11-13,23,30H,1,3,9-10H2,(H,31,35)(H,32,33)(H,36,37)/t23-/m0/s1. The van der Waals surface area contributed by atoms with Crippen molar-refractivity contribution in [2.75, 3.05) is 5.32 Å². The average Bonchev–Trinajstić information content (AvgIpc) is 2.99. The molecule has 1 amide bonds. The van der Waals surface area contributed by atoms with Gasteiger partial charge in [-0.15, -0.1) is 0 Å². The molecular weight excluding hydrogens is 486 g/mol. The summed E-state index contributed by atoms with van der Waals surface area (Å²) in [5, 5.41) is 23.3. The van der Waals surface area contributed by atoms with Crippen LogP contribution in [0, 0.1) is 11.6 Å². The molecule has 0 heterocycles. The lowest BCUT2D eigenvalue weighted by molar-refractivity contribution is -0.140. The maximum atomic E-state index is 14.0. The Morgan fingerprint density at radius 3 is 2.35 bits per heavy atom. The number of halogens is 2. The van der Waals surface area contributed by atoms with Gasteiger partial charge in [-0.25, -0.2) is 13.6 Å². The molecule has 0 aromatic heterocycles. The van der Waals surface area contributed by atoms with Crippen LogP contribution in [0.4, 0.5) is 20.2 Å². The Morgan fingerprint density at radius 2 is 1.65 bits per heavy atom. The minimum absolute atomic E-state index is 0.0715. The molecule has 3 aromatic rings. The first-order valence-corrected chi connectivity index (χ1v) is 11.4. The van der Waals surface area contributed by atoms with Crippen molar-refractivity contribution in [1.29, 1.82) is 0 Å². The number of nitrogens with one attached hydrogen (secondary N) is 2. The molecule has 1 atom stereocenters. The number of carbonyl (C=O) groups is 4. The van der Waals surface area contributed by atoms with Crippen molar-refractivity contribution < 1.29 is 38.2 Å². The molecule has 10 heteroatoms. The van der Waals surface area contributed by atoms with Gasteiger partial charge in [0.25, 0.3) is 5.91 Å². The first-order valence-electron chi connectivity index (χ1n) is 11.4. The number of carboxylic acids is 2. The monoisotopic (exact) mass is 508 g/mol. The maximum absolute atomic E-state index is 14.0. The van der Waals surface area contributed by atoms with Gasteiger partial charge in [0.05, 0.1) is 5.69 Å². The lowest BCUT2D eigenvalue weighted by Crippen LogP contribution is -2.41. The largest absolute Gasteiger partial charge is 0.481 e. The van der Waals surface area contributed by atoms with E-state index in [9.17, 15) is 33.1 Å². The van der Waals surface area contributed by atoms with E-state index in [2.05, 4.69) is 10.6 Å². The summed E-state index contributed by atoms with van der Waals surface area (Å²) >= 11 is 0. The Kier molecular flexibility index (Phi) is 7.28. The number of aliphatic carboxylic acids is 2. The van der Waals surface area contributed by atoms with E-state index in [1.54, 1.807) is 24.3 Å². The number of carbonyl (C=O) groups excluding carboxylic acids is 2. The molecule has 0 radical (unpaired) electrons. The molecule has 3 aromatic carbocycles. The third-order valence-electron chi connectivity index (χ3n) is 6.09. The van der Waals surface area contributed by atoms with E-state index in [4.69, 9.17) is 5.11 Å². The normalized spacial score (nSPS) is 13.1. The van der Waals surface area contributed by atoms with Crippen LogP contribution in [-0.2, 0) is 22.4 Å². The van der Waals surface area contributed by atoms with Gasteiger partial charge in [-0.3, -0.25) is 14.4 Å². The van der Waals surface area contributed by atoms with Gasteiger partial charge in [0, 0.05) is 34.9 Å². The van der Waals surface area contributed by atoms with Gasteiger partial charge in [0.1, 0.15) is 17.7 Å². The van der Waals surface area contributed by atoms with Crippen molar-refractivity contribution >= 4 is 35.0 Å². The highest BCUT2D eigenvalue weighted by Gasteiger charge is 2.25. The fourth-order valence-electron chi connectivity index (χ4n) is 4.17. The number of benzene rings is 3. The number of aryl methyl sites for hydroxylation is 2. The number of ketones is 1. The first kappa shape index (κ1) is 25.5. The molecule has 8 nitrogen and oxygen atoms in total. The Balaban J connectivity index is 1.56. The zero-order valence-electron chi connectivity index (χ0n) is 19.4. The highest BCUT2D eigenvalue weighted by Crippen LogP contribution is 2.29. The van der Waals surface area contributed by atoms with Gasteiger partial charge in [-0.05, 0) is 72.9 Å². The van der Waals surface area contributed by atoms with Crippen molar-refractivity contribution in [3.63, 3.8) is 0 Å². The number of carboxylic acid groups (broad SMARTS) is 2. The fraction of sp³-hybridized carbons (Fsp3) is 0.185. The summed E-state index contributed by atoms with van der Waals surface area (Å²) in [7, 11) is 0. The molecule has 190 valence electrons. The van der Waals surface area contributed by atoms with Gasteiger partial charge in [-0.2, -0.15) is 0 Å². The van der Waals surface area contributed by atoms with E-state index < -0.39 is 41.9 Å². The summed E-state index contributed by atoms with van der Waals surface area (Å²) in [6.45, 7) is 0. The minimum Gasteiger partial charge on any atom is -0.481 e. The van der Waals surface area contributed by atoms with Crippen molar-refractivity contribution in [2.24, 2.45) is 0 Å². The average molecular weight is 508 g/mol. The molecule has 0 bridgehead atoms. The van der Waals surface area contributed by atoms with Crippen LogP contribution in [0.2, 0.25) is 0 Å². The molecule has 4 N–H and O–H groups in total. The van der Waals surface area contributed by atoms with Crippen LogP contribution in [0.25, 0.3) is 0 Å². The fourth-order valence-corrected chi connectivity index (χ4v) is 4.17. The van der Waals surface area contributed by atoms with Crippen molar-refractivity contribution in [3.05, 3.63) is 94.0 Å². The molecule has 37 heavy (non-hydrogen) atoms. The van der Waals surface area contributed by atoms with Crippen LogP contribution in [-0.4, -0.2) is 39.9 Å². The smallest absolute Gasteiger partial charge is 0.326 e. The molecule has 0 spiro atoms. The van der Waals surface area contributed by atoms with E-state index in [0.717, 1.165) is 12.1 Å². The molecule has 0 saturated heterocycles. The van der Waals surface area contributed by atoms with Crippen molar-refractivity contribution in [3.8, 4) is 0 Å². The lowest BCUT2D eigenvalue weighted by Gasteiger charge is -2.14. The number of hydrogen-bond donors (Lipinski definition) is 4. The molecule has 1 aliphatic carbocycles. The molecule has 4 rings (SSSR count). The first-order chi connectivity index (χ1) is 17.6. The second-order valence-corrected chi connectivity index (χ2v) is 8.62. The quantitative estimate of drug-likeness (QED) is 0.360. The van der Waals surface area contributed by atoms with Crippen LogP contribution >= 0.6 is 0 Å². The molecular formula is C27H22F2N2O6. The van der Waals surface area contributed by atoms with E-state index in [0.29, 0.717) is 40.8 Å². The van der Waals surface area contributed by atoms with E-state index in [1.165, 1.54) is 18.2 Å². The predicted octanol–water partition coefficient (Wildman–Crippen LogP) is 4.09. The van der Waals surface area contributed by atoms with Gasteiger partial charge in [0.15, 0.2) is 5.78 Å². The van der Waals surface area contributed by atoms with E-state index in [1.807, 2.05) is 0 Å². The van der Waals surface area contributed by atoms with Gasteiger partial charge in [-0.1, -0.05) is 6.07 Å². The Bertz CT molecular complexity index is 1420. The second kappa shape index (κ2) is 10.6. The highest BCUT2D eigenvalue weighted by atomic mass is 19.1. The number of rotatable bonds is 8. The summed E-state index contributed by atoms with van der Waals surface area (Å²) in [6, 6.07) is 11.2. The molecule has 0 unspecified atom stereocenters. The van der Waals surface area contributed by atoms with Crippen LogP contribution in [0.3, 0.4) is 0 Å². The maximum Gasteiger partial charge on any atom is 0.326 e. The molecule has 1 aliphatic rings. The Morgan fingerprint density at radius 1 is 0.892 bits per heavy atom. The van der Waals surface area contributed by atoms with Crippen LogP contribution in [0.5, 0.6) is 0 Å². The predicted molar refractivity (Wildman–Crippen MR) is 129 cm³/mol. The topological polar surface area (TPSA) is 133 Å². The SMILES string of the molecule is O=C(O)CC[C@H](NC(=O)c1ccc2c(c1)C(=O)c1ccc(Nc3ccc(F)cc3F)cc1CC2)C(=O)O. The third kappa shape index (κ3) is 5.80. The van der Waals surface area contributed by atoms with Gasteiger partial charge in [0.2, 0.25) is 0 Å². The minimum atomic E-state index is -1.39. The zero-order chi connectivity index (χ0) is 26.7. The third-order valence-corrected chi connectivity index (χ3v) is 6.09. The summed E-state index contributed by atoms with van der Waals surface area (Å²) in [5.41, 5.74) is 2.80. The highest BCUT2D eigenvalue weighted by molar-refractivity contribution is 6.12. The Labute approximate surface area is 209 Å². The second-order valence-electron chi connectivity index (χ2n) is 8.62. The Hall–Kier alpha value is -4.60. The zero-order valence-corrected chi connectivity index (χ0v) is 19.4. The molecule has 0 saturated carbocycles. The number of hydrogen-bond acceptors (Lipinski definition) is 5. The summed E-state index contributed by atoms with van der Waals surface area (Å²) in [4.78, 5) is 48.3. The number of amides is 1. The molecule has 0 aliphatic heterocycles. The van der Waals surface area contributed by atoms with Gasteiger partial charge < -0.3 is 20.8 Å². The van der Waals surface area contributed by atoms with E-state index in [-0.39, 0.29) is 23.5 Å². The lowest BCUT2D eigenvalue weighted by atomic mass is 9.96. The van der Waals surface area contributed by atoms with Crippen molar-refractivity contribution in [1.82, 2.24) is 5.32 Å².